The Labute approximate surface area is 60.0 Å². The lowest BCUT2D eigenvalue weighted by atomic mass is 10.3. The molecule has 1 atom stereocenters. The smallest absolute Gasteiger partial charge is 0.0283 e. The Hall–Kier alpha value is -0.210. The zero-order chi connectivity index (χ0) is 6.53. The van der Waals surface area contributed by atoms with Gasteiger partial charge in [0.05, 0.1) is 0 Å². The molecule has 0 saturated heterocycles. The Morgan fingerprint density at radius 3 is 2.89 bits per heavy atom. The van der Waals surface area contributed by atoms with Crippen molar-refractivity contribution in [3.05, 3.63) is 23.6 Å². The average Bonchev–Trinajstić information content (AvgIpc) is 1.91. The van der Waals surface area contributed by atoms with Gasteiger partial charge in [-0.2, -0.15) is 0 Å². The van der Waals surface area contributed by atoms with Crippen molar-refractivity contribution in [3.8, 4) is 0 Å². The first kappa shape index (κ1) is 6.90. The van der Waals surface area contributed by atoms with Crippen LogP contribution in [-0.4, -0.2) is 11.8 Å². The van der Waals surface area contributed by atoms with Crippen molar-refractivity contribution in [1.29, 1.82) is 0 Å². The Balaban J connectivity index is 2.28. The summed E-state index contributed by atoms with van der Waals surface area (Å²) in [6.45, 7) is 0.788. The molecule has 1 unspecified atom stereocenters. The van der Waals surface area contributed by atoms with Gasteiger partial charge in [0.15, 0.2) is 0 Å². The molecular weight excluding hydrogens is 130 g/mol. The van der Waals surface area contributed by atoms with E-state index < -0.39 is 0 Å². The van der Waals surface area contributed by atoms with Crippen LogP contribution in [0.1, 0.15) is 6.42 Å². The van der Waals surface area contributed by atoms with Crippen LogP contribution >= 0.6 is 11.8 Å². The standard InChI is InChI=1S/C7H11NS/c8-5-4-7-3-1-2-6-9-7/h1-3,6-7H,4-5,8H2. The van der Waals surface area contributed by atoms with Crippen LogP contribution in [0.25, 0.3) is 0 Å². The maximum atomic E-state index is 5.39. The fourth-order valence-electron chi connectivity index (χ4n) is 0.754. The van der Waals surface area contributed by atoms with E-state index in [2.05, 4.69) is 23.6 Å². The quantitative estimate of drug-likeness (QED) is 0.631. The summed E-state index contributed by atoms with van der Waals surface area (Å²) in [5, 5.41) is 2.74. The van der Waals surface area contributed by atoms with Crippen LogP contribution in [0.4, 0.5) is 0 Å². The van der Waals surface area contributed by atoms with Gasteiger partial charge >= 0.3 is 0 Å². The average molecular weight is 141 g/mol. The SMILES string of the molecule is NCCC1C=CC=CS1. The Morgan fingerprint density at radius 2 is 2.33 bits per heavy atom. The van der Waals surface area contributed by atoms with E-state index in [9.17, 15) is 0 Å². The molecule has 0 fully saturated rings. The van der Waals surface area contributed by atoms with Gasteiger partial charge in [0.1, 0.15) is 0 Å². The molecule has 2 N–H and O–H groups in total. The van der Waals surface area contributed by atoms with Gasteiger partial charge in [-0.15, -0.1) is 11.8 Å². The molecule has 1 rings (SSSR count). The molecule has 0 saturated carbocycles. The van der Waals surface area contributed by atoms with Crippen LogP contribution in [0.5, 0.6) is 0 Å². The molecular formula is C7H11NS. The van der Waals surface area contributed by atoms with Gasteiger partial charge in [-0.25, -0.2) is 0 Å². The lowest BCUT2D eigenvalue weighted by Gasteiger charge is -2.09. The van der Waals surface area contributed by atoms with Crippen molar-refractivity contribution in [1.82, 2.24) is 0 Å². The lowest BCUT2D eigenvalue weighted by Crippen LogP contribution is -2.08. The molecule has 0 aromatic carbocycles. The largest absolute Gasteiger partial charge is 0.330 e. The second-order valence-electron chi connectivity index (χ2n) is 1.97. The van der Waals surface area contributed by atoms with E-state index in [0.717, 1.165) is 13.0 Å². The number of hydrogen-bond acceptors (Lipinski definition) is 2. The topological polar surface area (TPSA) is 26.0 Å². The first-order valence-corrected chi connectivity index (χ1v) is 4.06. The number of nitrogens with two attached hydrogens (primary N) is 1. The van der Waals surface area contributed by atoms with Crippen molar-refractivity contribution in [2.75, 3.05) is 6.54 Å². The maximum Gasteiger partial charge on any atom is 0.0283 e. The lowest BCUT2D eigenvalue weighted by molar-refractivity contribution is 0.869. The Bertz CT molecular complexity index is 129. The molecule has 0 aliphatic carbocycles. The van der Waals surface area contributed by atoms with Gasteiger partial charge in [-0.3, -0.25) is 0 Å². The minimum absolute atomic E-state index is 0.625. The number of thioether (sulfide) groups is 1. The van der Waals surface area contributed by atoms with Crippen molar-refractivity contribution >= 4 is 11.8 Å². The zero-order valence-electron chi connectivity index (χ0n) is 5.29. The van der Waals surface area contributed by atoms with Crippen LogP contribution in [-0.2, 0) is 0 Å². The molecule has 0 radical (unpaired) electrons. The van der Waals surface area contributed by atoms with Gasteiger partial charge in [0.2, 0.25) is 0 Å². The second-order valence-corrected chi connectivity index (χ2v) is 3.12. The van der Waals surface area contributed by atoms with E-state index in [-0.39, 0.29) is 0 Å². The fourth-order valence-corrected chi connectivity index (χ4v) is 1.59. The highest BCUT2D eigenvalue weighted by molar-refractivity contribution is 8.02. The molecule has 50 valence electrons. The summed E-state index contributed by atoms with van der Waals surface area (Å²) in [6, 6.07) is 0. The predicted molar refractivity (Wildman–Crippen MR) is 43.3 cm³/mol. The monoisotopic (exact) mass is 141 g/mol. The van der Waals surface area contributed by atoms with Crippen LogP contribution < -0.4 is 5.73 Å². The van der Waals surface area contributed by atoms with E-state index >= 15 is 0 Å². The maximum absolute atomic E-state index is 5.39. The van der Waals surface area contributed by atoms with Gasteiger partial charge in [0, 0.05) is 5.25 Å². The van der Waals surface area contributed by atoms with Gasteiger partial charge < -0.3 is 5.73 Å². The third kappa shape index (κ3) is 2.24. The van der Waals surface area contributed by atoms with E-state index in [1.54, 1.807) is 0 Å². The summed E-state index contributed by atoms with van der Waals surface area (Å²) in [6.07, 6.45) is 7.41. The van der Waals surface area contributed by atoms with Crippen molar-refractivity contribution < 1.29 is 0 Å². The summed E-state index contributed by atoms with van der Waals surface area (Å²) in [4.78, 5) is 0. The highest BCUT2D eigenvalue weighted by atomic mass is 32.2. The first-order valence-electron chi connectivity index (χ1n) is 3.12. The molecule has 0 spiro atoms. The minimum Gasteiger partial charge on any atom is -0.330 e. The van der Waals surface area contributed by atoms with E-state index in [0.29, 0.717) is 5.25 Å². The van der Waals surface area contributed by atoms with E-state index in [1.807, 2.05) is 11.8 Å². The summed E-state index contributed by atoms with van der Waals surface area (Å²) < 4.78 is 0. The van der Waals surface area contributed by atoms with Crippen molar-refractivity contribution in [2.45, 2.75) is 11.7 Å². The van der Waals surface area contributed by atoms with E-state index in [4.69, 9.17) is 5.73 Å². The molecule has 1 aliphatic rings. The van der Waals surface area contributed by atoms with E-state index in [1.165, 1.54) is 0 Å². The molecule has 0 bridgehead atoms. The molecule has 9 heavy (non-hydrogen) atoms. The fraction of sp³-hybridized carbons (Fsp3) is 0.429. The third-order valence-electron chi connectivity index (χ3n) is 1.22. The molecule has 0 aromatic heterocycles. The molecule has 1 heterocycles. The van der Waals surface area contributed by atoms with Gasteiger partial charge in [-0.05, 0) is 18.4 Å². The molecule has 1 aliphatic heterocycles. The second kappa shape index (κ2) is 3.75. The molecule has 0 amide bonds. The van der Waals surface area contributed by atoms with Gasteiger partial charge in [0.25, 0.3) is 0 Å². The van der Waals surface area contributed by atoms with Gasteiger partial charge in [-0.1, -0.05) is 18.2 Å². The normalized spacial score (nSPS) is 24.8. The summed E-state index contributed by atoms with van der Waals surface area (Å²) in [5.74, 6) is 0. The number of hydrogen-bond donors (Lipinski definition) is 1. The highest BCUT2D eigenvalue weighted by Gasteiger charge is 2.02. The number of rotatable bonds is 2. The van der Waals surface area contributed by atoms with Crippen molar-refractivity contribution in [3.63, 3.8) is 0 Å². The minimum atomic E-state index is 0.625. The molecule has 1 nitrogen and oxygen atoms in total. The molecule has 0 aromatic rings. The van der Waals surface area contributed by atoms with Crippen LogP contribution in [0.15, 0.2) is 23.6 Å². The predicted octanol–water partition coefficient (Wildman–Crippen LogP) is 1.52. The van der Waals surface area contributed by atoms with Crippen LogP contribution in [0.3, 0.4) is 0 Å². The highest BCUT2D eigenvalue weighted by Crippen LogP contribution is 2.19. The zero-order valence-corrected chi connectivity index (χ0v) is 6.10. The Kier molecular flexibility index (Phi) is 2.87. The van der Waals surface area contributed by atoms with Crippen LogP contribution in [0.2, 0.25) is 0 Å². The summed E-state index contributed by atoms with van der Waals surface area (Å²) in [7, 11) is 0. The Morgan fingerprint density at radius 1 is 1.44 bits per heavy atom. The van der Waals surface area contributed by atoms with Crippen molar-refractivity contribution in [2.24, 2.45) is 5.73 Å². The summed E-state index contributed by atoms with van der Waals surface area (Å²) >= 11 is 1.84. The first-order chi connectivity index (χ1) is 4.43. The third-order valence-corrected chi connectivity index (χ3v) is 2.28. The molecule has 2 heteroatoms. The number of allylic oxidation sites excluding steroid dienone is 2. The van der Waals surface area contributed by atoms with Crippen LogP contribution in [0, 0.1) is 0 Å². The summed E-state index contributed by atoms with van der Waals surface area (Å²) in [5.41, 5.74) is 5.39.